The Balaban J connectivity index is 1.64. The molecule has 1 heterocycles. The average Bonchev–Trinajstić information content (AvgIpc) is 3.05. The summed E-state index contributed by atoms with van der Waals surface area (Å²) in [6, 6.07) is 13.7. The standard InChI is InChI=1S/C20H18FNO2S/c1-13-6-7-14(2)18(8-13)22-20(23)19-9-15(12-25-19)11-24-17-5-3-4-16(21)10-17/h3-10,12H,11H2,1-2H3,(H,22,23). The Kier molecular flexibility index (Phi) is 5.14. The molecule has 128 valence electrons. The lowest BCUT2D eigenvalue weighted by molar-refractivity contribution is 0.103. The van der Waals surface area contributed by atoms with Gasteiger partial charge in [-0.1, -0.05) is 18.2 Å². The molecular formula is C20H18FNO2S. The second-order valence-electron chi connectivity index (χ2n) is 5.84. The molecule has 0 aliphatic rings. The van der Waals surface area contributed by atoms with Gasteiger partial charge in [0.15, 0.2) is 0 Å². The summed E-state index contributed by atoms with van der Waals surface area (Å²) < 4.78 is 18.7. The molecule has 1 N–H and O–H groups in total. The quantitative estimate of drug-likeness (QED) is 0.671. The number of halogens is 1. The Morgan fingerprint density at radius 2 is 2.00 bits per heavy atom. The predicted molar refractivity (Wildman–Crippen MR) is 98.9 cm³/mol. The molecule has 3 nitrogen and oxygen atoms in total. The minimum absolute atomic E-state index is 0.143. The molecule has 0 saturated heterocycles. The van der Waals surface area contributed by atoms with Crippen LogP contribution >= 0.6 is 11.3 Å². The zero-order valence-electron chi connectivity index (χ0n) is 14.0. The number of thiophene rings is 1. The lowest BCUT2D eigenvalue weighted by atomic mass is 10.1. The summed E-state index contributed by atoms with van der Waals surface area (Å²) in [6.45, 7) is 4.24. The Bertz CT molecular complexity index is 904. The molecule has 0 fully saturated rings. The fourth-order valence-electron chi connectivity index (χ4n) is 2.35. The van der Waals surface area contributed by atoms with Crippen molar-refractivity contribution < 1.29 is 13.9 Å². The first-order valence-corrected chi connectivity index (χ1v) is 8.73. The van der Waals surface area contributed by atoms with Crippen LogP contribution in [-0.2, 0) is 6.61 Å². The minimum Gasteiger partial charge on any atom is -0.489 e. The highest BCUT2D eigenvalue weighted by molar-refractivity contribution is 7.12. The van der Waals surface area contributed by atoms with E-state index in [2.05, 4.69) is 5.32 Å². The van der Waals surface area contributed by atoms with Crippen molar-refractivity contribution in [2.45, 2.75) is 20.5 Å². The third-order valence-corrected chi connectivity index (χ3v) is 4.70. The van der Waals surface area contributed by atoms with Gasteiger partial charge in [0.1, 0.15) is 18.2 Å². The number of rotatable bonds is 5. The maximum absolute atomic E-state index is 13.1. The van der Waals surface area contributed by atoms with Crippen LogP contribution in [0, 0.1) is 19.7 Å². The van der Waals surface area contributed by atoms with Crippen LogP contribution < -0.4 is 10.1 Å². The van der Waals surface area contributed by atoms with Crippen LogP contribution in [0.25, 0.3) is 0 Å². The first-order valence-electron chi connectivity index (χ1n) is 7.85. The van der Waals surface area contributed by atoms with Crippen LogP contribution in [0.3, 0.4) is 0 Å². The van der Waals surface area contributed by atoms with Crippen LogP contribution in [0.5, 0.6) is 5.75 Å². The number of hydrogen-bond donors (Lipinski definition) is 1. The molecule has 3 aromatic rings. The van der Waals surface area contributed by atoms with Gasteiger partial charge in [-0.3, -0.25) is 4.79 Å². The molecular weight excluding hydrogens is 337 g/mol. The van der Waals surface area contributed by atoms with E-state index in [0.29, 0.717) is 10.6 Å². The zero-order valence-corrected chi connectivity index (χ0v) is 14.8. The summed E-state index contributed by atoms with van der Waals surface area (Å²) in [5.41, 5.74) is 3.80. The highest BCUT2D eigenvalue weighted by atomic mass is 32.1. The fourth-order valence-corrected chi connectivity index (χ4v) is 3.14. The minimum atomic E-state index is -0.337. The monoisotopic (exact) mass is 355 g/mol. The van der Waals surface area contributed by atoms with E-state index >= 15 is 0 Å². The maximum Gasteiger partial charge on any atom is 0.265 e. The molecule has 2 aromatic carbocycles. The maximum atomic E-state index is 13.1. The van der Waals surface area contributed by atoms with Crippen molar-refractivity contribution in [3.8, 4) is 5.75 Å². The highest BCUT2D eigenvalue weighted by Crippen LogP contribution is 2.21. The molecule has 5 heteroatoms. The number of benzene rings is 2. The predicted octanol–water partition coefficient (Wildman–Crippen LogP) is 5.34. The zero-order chi connectivity index (χ0) is 17.8. The Morgan fingerprint density at radius 3 is 2.80 bits per heavy atom. The lowest BCUT2D eigenvalue weighted by Crippen LogP contribution is -2.11. The van der Waals surface area contributed by atoms with Gasteiger partial charge in [0.2, 0.25) is 0 Å². The van der Waals surface area contributed by atoms with Gasteiger partial charge in [-0.2, -0.15) is 0 Å². The van der Waals surface area contributed by atoms with E-state index in [1.165, 1.54) is 23.5 Å². The molecule has 25 heavy (non-hydrogen) atoms. The van der Waals surface area contributed by atoms with Gasteiger partial charge in [0.05, 0.1) is 4.88 Å². The molecule has 0 aliphatic carbocycles. The number of ether oxygens (including phenoxy) is 1. The number of aryl methyl sites for hydroxylation is 2. The van der Waals surface area contributed by atoms with Crippen molar-refractivity contribution in [1.82, 2.24) is 0 Å². The van der Waals surface area contributed by atoms with Crippen LogP contribution in [0.4, 0.5) is 10.1 Å². The second kappa shape index (κ2) is 7.49. The van der Waals surface area contributed by atoms with Gasteiger partial charge >= 0.3 is 0 Å². The largest absolute Gasteiger partial charge is 0.489 e. The number of amides is 1. The highest BCUT2D eigenvalue weighted by Gasteiger charge is 2.11. The third-order valence-electron chi connectivity index (χ3n) is 3.72. The third kappa shape index (κ3) is 4.45. The molecule has 1 aromatic heterocycles. The van der Waals surface area contributed by atoms with Crippen molar-refractivity contribution in [2.75, 3.05) is 5.32 Å². The van der Waals surface area contributed by atoms with Crippen LogP contribution in [0.2, 0.25) is 0 Å². The summed E-state index contributed by atoms with van der Waals surface area (Å²) in [4.78, 5) is 13.0. The number of hydrogen-bond acceptors (Lipinski definition) is 3. The summed E-state index contributed by atoms with van der Waals surface area (Å²) >= 11 is 1.36. The Labute approximate surface area is 150 Å². The van der Waals surface area contributed by atoms with Gasteiger partial charge < -0.3 is 10.1 Å². The van der Waals surface area contributed by atoms with Crippen molar-refractivity contribution in [3.05, 3.63) is 81.3 Å². The SMILES string of the molecule is Cc1ccc(C)c(NC(=O)c2cc(COc3cccc(F)c3)cs2)c1. The van der Waals surface area contributed by atoms with Gasteiger partial charge in [-0.15, -0.1) is 11.3 Å². The van der Waals surface area contributed by atoms with E-state index in [-0.39, 0.29) is 18.3 Å². The first-order chi connectivity index (χ1) is 12.0. The summed E-state index contributed by atoms with van der Waals surface area (Å²) in [5.74, 6) is -0.0142. The molecule has 0 bridgehead atoms. The van der Waals surface area contributed by atoms with E-state index in [9.17, 15) is 9.18 Å². The van der Waals surface area contributed by atoms with Gasteiger partial charge in [0, 0.05) is 17.3 Å². The fraction of sp³-hybridized carbons (Fsp3) is 0.150. The van der Waals surface area contributed by atoms with Crippen molar-refractivity contribution >= 4 is 22.9 Å². The first kappa shape index (κ1) is 17.2. The number of nitrogens with one attached hydrogen (secondary N) is 1. The van der Waals surface area contributed by atoms with Crippen LogP contribution in [0.15, 0.2) is 53.9 Å². The van der Waals surface area contributed by atoms with Gasteiger partial charge in [-0.05, 0) is 54.6 Å². The van der Waals surface area contributed by atoms with Crippen LogP contribution in [0.1, 0.15) is 26.4 Å². The van der Waals surface area contributed by atoms with E-state index in [1.807, 2.05) is 37.4 Å². The second-order valence-corrected chi connectivity index (χ2v) is 6.75. The topological polar surface area (TPSA) is 38.3 Å². The molecule has 0 unspecified atom stereocenters. The van der Waals surface area contributed by atoms with E-state index in [0.717, 1.165) is 22.4 Å². The molecule has 1 amide bonds. The summed E-state index contributed by atoms with van der Waals surface area (Å²) in [7, 11) is 0. The van der Waals surface area contributed by atoms with Gasteiger partial charge in [-0.25, -0.2) is 4.39 Å². The van der Waals surface area contributed by atoms with E-state index < -0.39 is 0 Å². The molecule has 0 radical (unpaired) electrons. The molecule has 0 spiro atoms. The Hall–Kier alpha value is -2.66. The van der Waals surface area contributed by atoms with E-state index in [1.54, 1.807) is 18.2 Å². The molecule has 0 saturated carbocycles. The normalized spacial score (nSPS) is 10.5. The van der Waals surface area contributed by atoms with Crippen molar-refractivity contribution in [2.24, 2.45) is 0 Å². The molecule has 0 aliphatic heterocycles. The van der Waals surface area contributed by atoms with Crippen LogP contribution in [-0.4, -0.2) is 5.91 Å². The number of anilines is 1. The Morgan fingerprint density at radius 1 is 1.16 bits per heavy atom. The lowest BCUT2D eigenvalue weighted by Gasteiger charge is -2.08. The number of carbonyl (C=O) groups is 1. The number of carbonyl (C=O) groups excluding carboxylic acids is 1. The van der Waals surface area contributed by atoms with Gasteiger partial charge in [0.25, 0.3) is 5.91 Å². The van der Waals surface area contributed by atoms with E-state index in [4.69, 9.17) is 4.74 Å². The molecule has 3 rings (SSSR count). The molecule has 0 atom stereocenters. The van der Waals surface area contributed by atoms with Crippen molar-refractivity contribution in [3.63, 3.8) is 0 Å². The smallest absolute Gasteiger partial charge is 0.265 e. The summed E-state index contributed by atoms with van der Waals surface area (Å²) in [6.07, 6.45) is 0. The van der Waals surface area contributed by atoms with Crippen molar-refractivity contribution in [1.29, 1.82) is 0 Å². The summed E-state index contributed by atoms with van der Waals surface area (Å²) in [5, 5.41) is 4.82. The average molecular weight is 355 g/mol.